The topological polar surface area (TPSA) is 63.4 Å². The highest BCUT2D eigenvalue weighted by atomic mass is 32.2. The van der Waals surface area contributed by atoms with E-state index in [0.29, 0.717) is 24.5 Å². The van der Waals surface area contributed by atoms with Crippen molar-refractivity contribution in [3.05, 3.63) is 24.3 Å². The second-order valence-corrected chi connectivity index (χ2v) is 9.53. The third kappa shape index (κ3) is 4.63. The van der Waals surface area contributed by atoms with Crippen LogP contribution < -0.4 is 5.73 Å². The van der Waals surface area contributed by atoms with Crippen molar-refractivity contribution >= 4 is 27.5 Å². The lowest BCUT2D eigenvalue weighted by Crippen LogP contribution is -2.44. The van der Waals surface area contributed by atoms with E-state index in [0.717, 1.165) is 17.7 Å². The van der Waals surface area contributed by atoms with Crippen molar-refractivity contribution in [2.24, 2.45) is 5.41 Å². The van der Waals surface area contributed by atoms with Crippen molar-refractivity contribution in [2.45, 2.75) is 31.6 Å². The number of nitrogen functional groups attached to an aromatic ring is 1. The first kappa shape index (κ1) is 16.6. The maximum absolute atomic E-state index is 12.4. The van der Waals surface area contributed by atoms with Crippen LogP contribution in [0.1, 0.15) is 26.7 Å². The smallest absolute Gasteiger partial charge is 0.214 e. The Morgan fingerprint density at radius 1 is 1.33 bits per heavy atom. The molecule has 1 aromatic rings. The van der Waals surface area contributed by atoms with Crippen molar-refractivity contribution in [1.82, 2.24) is 4.31 Å². The zero-order chi connectivity index (χ0) is 15.5. The van der Waals surface area contributed by atoms with Gasteiger partial charge in [-0.3, -0.25) is 0 Å². The van der Waals surface area contributed by atoms with E-state index < -0.39 is 10.0 Å². The van der Waals surface area contributed by atoms with E-state index in [4.69, 9.17) is 5.73 Å². The van der Waals surface area contributed by atoms with E-state index in [2.05, 4.69) is 13.8 Å². The van der Waals surface area contributed by atoms with Crippen molar-refractivity contribution in [1.29, 1.82) is 0 Å². The molecule has 4 nitrogen and oxygen atoms in total. The number of anilines is 1. The first-order valence-corrected chi connectivity index (χ1v) is 9.85. The molecule has 1 aliphatic heterocycles. The molecule has 0 aliphatic carbocycles. The number of sulfonamides is 1. The first-order chi connectivity index (χ1) is 9.80. The average molecular weight is 329 g/mol. The second-order valence-electron chi connectivity index (χ2n) is 6.30. The molecule has 1 heterocycles. The van der Waals surface area contributed by atoms with Crippen molar-refractivity contribution in [3.8, 4) is 0 Å². The summed E-state index contributed by atoms with van der Waals surface area (Å²) in [5.74, 6) is 0.704. The SMILES string of the molecule is CC1(C)CCCN(S(=O)(=O)CCSc2ccccc2N)C1. The fourth-order valence-corrected chi connectivity index (χ4v) is 5.62. The molecule has 0 radical (unpaired) electrons. The maximum atomic E-state index is 12.4. The minimum Gasteiger partial charge on any atom is -0.398 e. The number of piperidine rings is 1. The van der Waals surface area contributed by atoms with Crippen LogP contribution in [0.2, 0.25) is 0 Å². The minimum absolute atomic E-state index is 0.0856. The van der Waals surface area contributed by atoms with E-state index in [1.165, 1.54) is 11.8 Å². The van der Waals surface area contributed by atoms with Gasteiger partial charge >= 0.3 is 0 Å². The van der Waals surface area contributed by atoms with Gasteiger partial charge in [0.25, 0.3) is 0 Å². The molecule has 1 saturated heterocycles. The third-order valence-electron chi connectivity index (χ3n) is 3.78. The number of benzene rings is 1. The van der Waals surface area contributed by atoms with Crippen molar-refractivity contribution < 1.29 is 8.42 Å². The average Bonchev–Trinajstić information content (AvgIpc) is 2.40. The largest absolute Gasteiger partial charge is 0.398 e. The Bertz CT molecular complexity index is 585. The first-order valence-electron chi connectivity index (χ1n) is 7.25. The van der Waals surface area contributed by atoms with Gasteiger partial charge < -0.3 is 5.73 Å². The van der Waals surface area contributed by atoms with Gasteiger partial charge in [-0.25, -0.2) is 12.7 Å². The molecule has 0 amide bonds. The van der Waals surface area contributed by atoms with Gasteiger partial charge in [-0.05, 0) is 30.4 Å². The van der Waals surface area contributed by atoms with Gasteiger partial charge in [0.1, 0.15) is 0 Å². The van der Waals surface area contributed by atoms with Crippen LogP contribution >= 0.6 is 11.8 Å². The summed E-state index contributed by atoms with van der Waals surface area (Å²) in [7, 11) is -3.17. The Kier molecular flexibility index (Phi) is 5.22. The van der Waals surface area contributed by atoms with Crippen LogP contribution in [0.5, 0.6) is 0 Å². The van der Waals surface area contributed by atoms with Crippen molar-refractivity contribution in [3.63, 3.8) is 0 Å². The van der Waals surface area contributed by atoms with Crippen LogP contribution in [-0.4, -0.2) is 37.3 Å². The standard InChI is InChI=1S/C15H24N2O2S2/c1-15(2)8-5-9-17(12-15)21(18,19)11-10-20-14-7-4-3-6-13(14)16/h3-4,6-7H,5,8-12,16H2,1-2H3. The van der Waals surface area contributed by atoms with Gasteiger partial charge in [-0.2, -0.15) is 0 Å². The fraction of sp³-hybridized carbons (Fsp3) is 0.600. The monoisotopic (exact) mass is 328 g/mol. The molecule has 6 heteroatoms. The van der Waals surface area contributed by atoms with E-state index in [9.17, 15) is 8.42 Å². The Hall–Kier alpha value is -0.720. The van der Waals surface area contributed by atoms with Gasteiger partial charge in [0.2, 0.25) is 10.0 Å². The third-order valence-corrected chi connectivity index (χ3v) is 6.94. The number of nitrogens with zero attached hydrogens (tertiary/aromatic N) is 1. The summed E-state index contributed by atoms with van der Waals surface area (Å²) in [5, 5.41) is 0. The molecule has 1 aliphatic rings. The predicted molar refractivity (Wildman–Crippen MR) is 90.0 cm³/mol. The molecule has 0 atom stereocenters. The molecule has 0 aromatic heterocycles. The number of hydrogen-bond donors (Lipinski definition) is 1. The summed E-state index contributed by atoms with van der Waals surface area (Å²) >= 11 is 1.51. The highest BCUT2D eigenvalue weighted by Gasteiger charge is 2.32. The maximum Gasteiger partial charge on any atom is 0.214 e. The number of para-hydroxylation sites is 1. The molecule has 1 aromatic carbocycles. The Morgan fingerprint density at radius 3 is 2.71 bits per heavy atom. The number of rotatable bonds is 5. The van der Waals surface area contributed by atoms with Crippen LogP contribution in [0, 0.1) is 5.41 Å². The molecule has 118 valence electrons. The molecule has 2 N–H and O–H groups in total. The summed E-state index contributed by atoms with van der Waals surface area (Å²) in [6.45, 7) is 5.56. The summed E-state index contributed by atoms with van der Waals surface area (Å²) in [4.78, 5) is 0.951. The fourth-order valence-electron chi connectivity index (χ4n) is 2.60. The summed E-state index contributed by atoms with van der Waals surface area (Å²) in [6, 6.07) is 7.56. The molecule has 0 unspecified atom stereocenters. The summed E-state index contributed by atoms with van der Waals surface area (Å²) in [5.41, 5.74) is 6.66. The van der Waals surface area contributed by atoms with Crippen LogP contribution in [0.15, 0.2) is 29.2 Å². The molecule has 2 rings (SSSR count). The van der Waals surface area contributed by atoms with Crippen molar-refractivity contribution in [2.75, 3.05) is 30.3 Å². The van der Waals surface area contributed by atoms with E-state index in [1.54, 1.807) is 4.31 Å². The summed E-state index contributed by atoms with van der Waals surface area (Å²) in [6.07, 6.45) is 2.04. The molecule has 21 heavy (non-hydrogen) atoms. The minimum atomic E-state index is -3.17. The van der Waals surface area contributed by atoms with Gasteiger partial charge in [0.05, 0.1) is 5.75 Å². The predicted octanol–water partition coefficient (Wildman–Crippen LogP) is 2.81. The summed E-state index contributed by atoms with van der Waals surface area (Å²) < 4.78 is 26.5. The Morgan fingerprint density at radius 2 is 2.05 bits per heavy atom. The van der Waals surface area contributed by atoms with E-state index in [1.807, 2.05) is 24.3 Å². The molecular formula is C15H24N2O2S2. The number of nitrogens with two attached hydrogens (primary N) is 1. The quantitative estimate of drug-likeness (QED) is 0.667. The highest BCUT2D eigenvalue weighted by molar-refractivity contribution is 8.00. The lowest BCUT2D eigenvalue weighted by Gasteiger charge is -2.37. The Balaban J connectivity index is 1.91. The molecule has 1 fully saturated rings. The van der Waals surface area contributed by atoms with Gasteiger partial charge in [0, 0.05) is 29.4 Å². The van der Waals surface area contributed by atoms with Crippen LogP contribution in [-0.2, 0) is 10.0 Å². The highest BCUT2D eigenvalue weighted by Crippen LogP contribution is 2.30. The molecular weight excluding hydrogens is 304 g/mol. The zero-order valence-corrected chi connectivity index (χ0v) is 14.3. The number of hydrogen-bond acceptors (Lipinski definition) is 4. The van der Waals surface area contributed by atoms with Gasteiger partial charge in [-0.15, -0.1) is 11.8 Å². The number of thioether (sulfide) groups is 1. The van der Waals surface area contributed by atoms with Crippen LogP contribution in [0.25, 0.3) is 0 Å². The lowest BCUT2D eigenvalue weighted by molar-refractivity contribution is 0.187. The van der Waals surface area contributed by atoms with E-state index in [-0.39, 0.29) is 11.2 Å². The van der Waals surface area contributed by atoms with Crippen LogP contribution in [0.4, 0.5) is 5.69 Å². The lowest BCUT2D eigenvalue weighted by atomic mass is 9.85. The van der Waals surface area contributed by atoms with E-state index >= 15 is 0 Å². The second kappa shape index (κ2) is 6.58. The Labute approximate surface area is 132 Å². The van der Waals surface area contributed by atoms with Gasteiger partial charge in [-0.1, -0.05) is 26.0 Å². The normalized spacial score (nSPS) is 19.5. The molecule has 0 spiro atoms. The molecule has 0 bridgehead atoms. The zero-order valence-electron chi connectivity index (χ0n) is 12.7. The van der Waals surface area contributed by atoms with Crippen LogP contribution in [0.3, 0.4) is 0 Å². The molecule has 0 saturated carbocycles. The van der Waals surface area contributed by atoms with Gasteiger partial charge in [0.15, 0.2) is 0 Å².